The van der Waals surface area contributed by atoms with Crippen LogP contribution >= 0.6 is 11.3 Å². The zero-order valence-electron chi connectivity index (χ0n) is 13.7. The number of thiophene rings is 1. The molecule has 0 radical (unpaired) electrons. The van der Waals surface area contributed by atoms with E-state index in [2.05, 4.69) is 10.6 Å². The van der Waals surface area contributed by atoms with Gasteiger partial charge in [-0.2, -0.15) is 0 Å². The molecule has 1 saturated carbocycles. The quantitative estimate of drug-likeness (QED) is 0.673. The van der Waals surface area contributed by atoms with E-state index in [9.17, 15) is 18.8 Å². The minimum absolute atomic E-state index is 0.0370. The van der Waals surface area contributed by atoms with Crippen molar-refractivity contribution in [2.75, 3.05) is 6.54 Å². The molecular formula is C16H22FN3O3S. The van der Waals surface area contributed by atoms with Crippen molar-refractivity contribution in [3.8, 4) is 0 Å². The van der Waals surface area contributed by atoms with E-state index in [1.54, 1.807) is 0 Å². The van der Waals surface area contributed by atoms with Crippen molar-refractivity contribution in [3.63, 3.8) is 0 Å². The molecule has 1 aromatic heterocycles. The maximum Gasteiger partial charge on any atom is 0.264 e. The molecule has 0 unspecified atom stereocenters. The molecule has 0 aromatic carbocycles. The van der Waals surface area contributed by atoms with Gasteiger partial charge in [0.2, 0.25) is 11.8 Å². The van der Waals surface area contributed by atoms with Crippen molar-refractivity contribution in [1.82, 2.24) is 10.6 Å². The number of carbonyl (C=O) groups excluding carboxylic acids is 3. The molecule has 1 aliphatic rings. The van der Waals surface area contributed by atoms with Crippen molar-refractivity contribution < 1.29 is 18.8 Å². The predicted molar refractivity (Wildman–Crippen MR) is 88.9 cm³/mol. The van der Waals surface area contributed by atoms with Gasteiger partial charge in [-0.25, -0.2) is 4.39 Å². The molecular weight excluding hydrogens is 333 g/mol. The Balaban J connectivity index is 1.79. The van der Waals surface area contributed by atoms with Crippen LogP contribution in [0.4, 0.5) is 4.39 Å². The number of nitrogens with two attached hydrogens (primary N) is 1. The fourth-order valence-corrected chi connectivity index (χ4v) is 3.34. The first-order valence-electron chi connectivity index (χ1n) is 7.84. The topological polar surface area (TPSA) is 101 Å². The molecule has 1 aromatic rings. The maximum absolute atomic E-state index is 13.4. The Morgan fingerprint density at radius 3 is 2.67 bits per heavy atom. The summed E-state index contributed by atoms with van der Waals surface area (Å²) < 4.78 is 13.4. The fraction of sp³-hybridized carbons (Fsp3) is 0.562. The van der Waals surface area contributed by atoms with Crippen molar-refractivity contribution in [2.24, 2.45) is 17.1 Å². The van der Waals surface area contributed by atoms with Gasteiger partial charge in [0.25, 0.3) is 5.91 Å². The van der Waals surface area contributed by atoms with Gasteiger partial charge >= 0.3 is 0 Å². The molecule has 0 aliphatic heterocycles. The molecule has 4 N–H and O–H groups in total. The largest absolute Gasteiger partial charge is 0.369 e. The van der Waals surface area contributed by atoms with Crippen LogP contribution in [0.1, 0.15) is 42.8 Å². The zero-order chi connectivity index (χ0) is 17.9. The summed E-state index contributed by atoms with van der Waals surface area (Å²) in [5, 5.41) is 7.12. The summed E-state index contributed by atoms with van der Waals surface area (Å²) in [6, 6.07) is 1.23. The third-order valence-corrected chi connectivity index (χ3v) is 5.32. The third kappa shape index (κ3) is 4.11. The van der Waals surface area contributed by atoms with E-state index in [0.29, 0.717) is 13.0 Å². The van der Waals surface area contributed by atoms with Crippen molar-refractivity contribution >= 4 is 29.1 Å². The smallest absolute Gasteiger partial charge is 0.264 e. The minimum Gasteiger partial charge on any atom is -0.369 e. The lowest BCUT2D eigenvalue weighted by molar-refractivity contribution is -0.139. The Morgan fingerprint density at radius 1 is 1.38 bits per heavy atom. The number of rotatable bonds is 6. The molecule has 1 fully saturated rings. The lowest BCUT2D eigenvalue weighted by Crippen LogP contribution is -2.46. The van der Waals surface area contributed by atoms with E-state index < -0.39 is 29.0 Å². The number of hydrogen-bond acceptors (Lipinski definition) is 4. The second-order valence-corrected chi connectivity index (χ2v) is 7.56. The van der Waals surface area contributed by atoms with E-state index in [-0.39, 0.29) is 16.8 Å². The molecule has 0 bridgehead atoms. The molecule has 1 heterocycles. The third-order valence-electron chi connectivity index (χ3n) is 4.43. The summed E-state index contributed by atoms with van der Waals surface area (Å²) in [4.78, 5) is 35.3. The molecule has 24 heavy (non-hydrogen) atoms. The lowest BCUT2D eigenvalue weighted by atomic mass is 9.91. The molecule has 8 heteroatoms. The number of nitrogens with one attached hydrogen (secondary N) is 2. The Hall–Kier alpha value is -1.96. The monoisotopic (exact) mass is 355 g/mol. The van der Waals surface area contributed by atoms with Gasteiger partial charge in [0, 0.05) is 12.6 Å². The van der Waals surface area contributed by atoms with Crippen molar-refractivity contribution in [1.29, 1.82) is 0 Å². The first kappa shape index (κ1) is 18.4. The van der Waals surface area contributed by atoms with Gasteiger partial charge in [-0.05, 0) is 50.5 Å². The van der Waals surface area contributed by atoms with Crippen LogP contribution in [0.15, 0.2) is 11.4 Å². The SMILES string of the molecule is CC(C)(C(N)=O)C(=O)NC[C@H]1CC[C@@H](NC(=O)c2sccc2F)C1. The highest BCUT2D eigenvalue weighted by Crippen LogP contribution is 2.26. The molecule has 2 rings (SSSR count). The van der Waals surface area contributed by atoms with Gasteiger partial charge in [-0.3, -0.25) is 14.4 Å². The average molecular weight is 355 g/mol. The highest BCUT2D eigenvalue weighted by molar-refractivity contribution is 7.12. The molecule has 3 amide bonds. The second kappa shape index (κ2) is 7.29. The summed E-state index contributed by atoms with van der Waals surface area (Å²) in [5.41, 5.74) is 3.97. The Morgan fingerprint density at radius 2 is 2.08 bits per heavy atom. The van der Waals surface area contributed by atoms with Crippen LogP contribution in [0.3, 0.4) is 0 Å². The van der Waals surface area contributed by atoms with E-state index in [4.69, 9.17) is 5.73 Å². The van der Waals surface area contributed by atoms with Gasteiger partial charge in [0.15, 0.2) is 0 Å². The predicted octanol–water partition coefficient (Wildman–Crippen LogP) is 1.41. The van der Waals surface area contributed by atoms with Crippen LogP contribution in [-0.2, 0) is 9.59 Å². The van der Waals surface area contributed by atoms with Crippen LogP contribution in [-0.4, -0.2) is 30.3 Å². The molecule has 0 saturated heterocycles. The van der Waals surface area contributed by atoms with Crippen LogP contribution in [0.5, 0.6) is 0 Å². The first-order chi connectivity index (χ1) is 11.2. The number of amides is 3. The van der Waals surface area contributed by atoms with Crippen LogP contribution in [0.2, 0.25) is 0 Å². The van der Waals surface area contributed by atoms with E-state index >= 15 is 0 Å². The van der Waals surface area contributed by atoms with Gasteiger partial charge in [-0.1, -0.05) is 0 Å². The summed E-state index contributed by atoms with van der Waals surface area (Å²) >= 11 is 1.07. The molecule has 132 valence electrons. The van der Waals surface area contributed by atoms with E-state index in [0.717, 1.165) is 24.2 Å². The van der Waals surface area contributed by atoms with Crippen molar-refractivity contribution in [2.45, 2.75) is 39.2 Å². The van der Waals surface area contributed by atoms with Crippen molar-refractivity contribution in [3.05, 3.63) is 22.1 Å². The number of halogens is 1. The molecule has 2 atom stereocenters. The fourth-order valence-electron chi connectivity index (χ4n) is 2.67. The molecule has 6 nitrogen and oxygen atoms in total. The Kier molecular flexibility index (Phi) is 5.58. The standard InChI is InChI=1S/C16H22FN3O3S/c1-16(2,14(18)22)15(23)19-8-9-3-4-10(7-9)20-13(21)12-11(17)5-6-24-12/h5-6,9-10H,3-4,7-8H2,1-2H3,(H2,18,22)(H,19,23)(H,20,21)/t9-,10+/m0/s1. The average Bonchev–Trinajstić information content (AvgIpc) is 3.13. The van der Waals surface area contributed by atoms with Crippen LogP contribution in [0, 0.1) is 17.2 Å². The van der Waals surface area contributed by atoms with E-state index in [1.807, 2.05) is 0 Å². The summed E-state index contributed by atoms with van der Waals surface area (Å²) in [6.07, 6.45) is 2.32. The highest BCUT2D eigenvalue weighted by atomic mass is 32.1. The van der Waals surface area contributed by atoms with Gasteiger partial charge in [-0.15, -0.1) is 11.3 Å². The zero-order valence-corrected chi connectivity index (χ0v) is 14.5. The number of primary amides is 1. The normalized spacial score (nSPS) is 20.6. The molecule has 1 aliphatic carbocycles. The number of carbonyl (C=O) groups is 3. The van der Waals surface area contributed by atoms with Gasteiger partial charge in [0.1, 0.15) is 16.1 Å². The Bertz CT molecular complexity index is 644. The lowest BCUT2D eigenvalue weighted by Gasteiger charge is -2.21. The first-order valence-corrected chi connectivity index (χ1v) is 8.71. The minimum atomic E-state index is -1.25. The van der Waals surface area contributed by atoms with Crippen LogP contribution in [0.25, 0.3) is 0 Å². The molecule has 0 spiro atoms. The van der Waals surface area contributed by atoms with E-state index in [1.165, 1.54) is 25.3 Å². The Labute approximate surface area is 144 Å². The maximum atomic E-state index is 13.4. The van der Waals surface area contributed by atoms with Gasteiger partial charge in [0.05, 0.1) is 0 Å². The summed E-state index contributed by atoms with van der Waals surface area (Å²) in [5.74, 6) is -1.77. The summed E-state index contributed by atoms with van der Waals surface area (Å²) in [7, 11) is 0. The second-order valence-electron chi connectivity index (χ2n) is 6.65. The highest BCUT2D eigenvalue weighted by Gasteiger charge is 2.35. The van der Waals surface area contributed by atoms with Crippen LogP contribution < -0.4 is 16.4 Å². The number of hydrogen-bond donors (Lipinski definition) is 3. The summed E-state index contributed by atoms with van der Waals surface area (Å²) in [6.45, 7) is 3.39. The van der Waals surface area contributed by atoms with Gasteiger partial charge < -0.3 is 16.4 Å².